The first-order valence-electron chi connectivity index (χ1n) is 7.03. The van der Waals surface area contributed by atoms with Crippen molar-refractivity contribution in [3.63, 3.8) is 0 Å². The molecule has 0 aliphatic rings. The van der Waals surface area contributed by atoms with E-state index in [2.05, 4.69) is 19.9 Å². The molecule has 0 aliphatic heterocycles. The molecule has 5 nitrogen and oxygen atoms in total. The number of hydrogen-bond donors (Lipinski definition) is 3. The Balaban J connectivity index is 3.90. The van der Waals surface area contributed by atoms with E-state index in [0.29, 0.717) is 6.42 Å². The lowest BCUT2D eigenvalue weighted by Gasteiger charge is -2.20. The molecule has 0 fully saturated rings. The smallest absolute Gasteiger partial charge is 0.338 e. The standard InChI is InChI=1S/C13H28O5P2/c1-12(2)10-8-6-4-5-7-9-11-13(19(3,14)15)20(16,17)18/h10,13H,4-9,11H2,1-3H3,(H,14,15)(H2,16,17,18). The molecule has 0 aromatic rings. The highest BCUT2D eigenvalue weighted by Gasteiger charge is 2.39. The largest absolute Gasteiger partial charge is 0.344 e. The minimum absolute atomic E-state index is 0.114. The number of unbranched alkanes of at least 4 members (excludes halogenated alkanes) is 5. The summed E-state index contributed by atoms with van der Waals surface area (Å²) < 4.78 is 22.7. The van der Waals surface area contributed by atoms with Gasteiger partial charge in [-0.2, -0.15) is 0 Å². The summed E-state index contributed by atoms with van der Waals surface area (Å²) in [5, 5.41) is -1.40. The third kappa shape index (κ3) is 9.90. The molecule has 0 aliphatic carbocycles. The van der Waals surface area contributed by atoms with Crippen molar-refractivity contribution in [3.05, 3.63) is 11.6 Å². The highest BCUT2D eigenvalue weighted by atomic mass is 31.2. The van der Waals surface area contributed by atoms with Gasteiger partial charge in [-0.05, 0) is 33.1 Å². The average molecular weight is 326 g/mol. The molecular weight excluding hydrogens is 298 g/mol. The lowest BCUT2D eigenvalue weighted by molar-refractivity contribution is 0.359. The molecular formula is C13H28O5P2. The van der Waals surface area contributed by atoms with E-state index < -0.39 is 20.4 Å². The van der Waals surface area contributed by atoms with Crippen molar-refractivity contribution in [2.24, 2.45) is 0 Å². The van der Waals surface area contributed by atoms with E-state index in [4.69, 9.17) is 9.79 Å². The summed E-state index contributed by atoms with van der Waals surface area (Å²) in [6.07, 6.45) is 7.97. The molecule has 0 rings (SSSR count). The normalized spacial score (nSPS) is 16.5. The van der Waals surface area contributed by atoms with E-state index in [0.717, 1.165) is 38.8 Å². The fraction of sp³-hybridized carbons (Fsp3) is 0.846. The highest BCUT2D eigenvalue weighted by Crippen LogP contribution is 2.61. The maximum Gasteiger partial charge on any atom is 0.338 e. The van der Waals surface area contributed by atoms with Gasteiger partial charge in [0.05, 0.1) is 0 Å². The molecule has 0 aromatic carbocycles. The zero-order valence-corrected chi connectivity index (χ0v) is 14.4. The molecule has 0 aromatic heterocycles. The van der Waals surface area contributed by atoms with Crippen LogP contribution < -0.4 is 0 Å². The predicted octanol–water partition coefficient (Wildman–Crippen LogP) is 4.09. The molecule has 0 spiro atoms. The molecule has 7 heteroatoms. The Morgan fingerprint density at radius 3 is 1.95 bits per heavy atom. The first-order chi connectivity index (χ1) is 9.05. The third-order valence-corrected chi connectivity index (χ3v) is 7.75. The van der Waals surface area contributed by atoms with E-state index in [1.54, 1.807) is 0 Å². The summed E-state index contributed by atoms with van der Waals surface area (Å²) in [7, 11) is -8.24. The van der Waals surface area contributed by atoms with Crippen LogP contribution in [-0.2, 0) is 9.13 Å². The van der Waals surface area contributed by atoms with Gasteiger partial charge in [-0.25, -0.2) is 0 Å². The van der Waals surface area contributed by atoms with Crippen molar-refractivity contribution in [3.8, 4) is 0 Å². The fourth-order valence-electron chi connectivity index (χ4n) is 2.08. The van der Waals surface area contributed by atoms with E-state index >= 15 is 0 Å². The van der Waals surface area contributed by atoms with Gasteiger partial charge in [0.25, 0.3) is 0 Å². The van der Waals surface area contributed by atoms with Crippen molar-refractivity contribution in [2.75, 3.05) is 6.66 Å². The van der Waals surface area contributed by atoms with Gasteiger partial charge in [0, 0.05) is 6.66 Å². The Hall–Kier alpha value is 0.0800. The maximum atomic E-state index is 11.5. The molecule has 0 heterocycles. The van der Waals surface area contributed by atoms with E-state index in [-0.39, 0.29) is 6.42 Å². The van der Waals surface area contributed by atoms with Gasteiger partial charge >= 0.3 is 7.60 Å². The molecule has 0 radical (unpaired) electrons. The molecule has 3 N–H and O–H groups in total. The minimum Gasteiger partial charge on any atom is -0.344 e. The van der Waals surface area contributed by atoms with Crippen LogP contribution in [0.4, 0.5) is 0 Å². The Morgan fingerprint density at radius 1 is 1.00 bits per heavy atom. The first kappa shape index (κ1) is 20.1. The maximum absolute atomic E-state index is 11.5. The highest BCUT2D eigenvalue weighted by molar-refractivity contribution is 7.73. The zero-order chi connectivity index (χ0) is 15.8. The predicted molar refractivity (Wildman–Crippen MR) is 83.3 cm³/mol. The van der Waals surface area contributed by atoms with E-state index in [1.807, 2.05) is 0 Å². The summed E-state index contributed by atoms with van der Waals surface area (Å²) >= 11 is 0. The topological polar surface area (TPSA) is 94.8 Å². The van der Waals surface area contributed by atoms with Gasteiger partial charge in [0.1, 0.15) is 5.40 Å². The van der Waals surface area contributed by atoms with Crippen molar-refractivity contribution >= 4 is 15.0 Å². The van der Waals surface area contributed by atoms with Gasteiger partial charge in [-0.15, -0.1) is 0 Å². The second kappa shape index (κ2) is 9.17. The molecule has 2 atom stereocenters. The van der Waals surface area contributed by atoms with Crippen LogP contribution in [0.15, 0.2) is 11.6 Å². The zero-order valence-electron chi connectivity index (χ0n) is 12.7. The third-order valence-electron chi connectivity index (χ3n) is 3.16. The first-order valence-corrected chi connectivity index (χ1v) is 10.9. The average Bonchev–Trinajstić information content (AvgIpc) is 2.22. The van der Waals surface area contributed by atoms with Gasteiger partial charge in [-0.1, -0.05) is 37.3 Å². The Labute approximate surface area is 122 Å². The van der Waals surface area contributed by atoms with Gasteiger partial charge in [0.2, 0.25) is 7.37 Å². The summed E-state index contributed by atoms with van der Waals surface area (Å²) in [5.41, 5.74) is 1.32. The summed E-state index contributed by atoms with van der Waals surface area (Å²) in [5.74, 6) is 0. The lowest BCUT2D eigenvalue weighted by Crippen LogP contribution is -2.08. The molecule has 0 amide bonds. The van der Waals surface area contributed by atoms with Crippen molar-refractivity contribution in [1.82, 2.24) is 0 Å². The number of hydrogen-bond acceptors (Lipinski definition) is 2. The second-order valence-electron chi connectivity index (χ2n) is 5.64. The number of allylic oxidation sites excluding steroid dienone is 2. The lowest BCUT2D eigenvalue weighted by atomic mass is 10.1. The Bertz CT molecular complexity index is 368. The van der Waals surface area contributed by atoms with Crippen LogP contribution in [0.25, 0.3) is 0 Å². The van der Waals surface area contributed by atoms with E-state index in [1.165, 1.54) is 5.57 Å². The Morgan fingerprint density at radius 2 is 1.50 bits per heavy atom. The Kier molecular flexibility index (Phi) is 9.21. The van der Waals surface area contributed by atoms with Crippen LogP contribution in [0.3, 0.4) is 0 Å². The molecule has 120 valence electrons. The summed E-state index contributed by atoms with van der Waals surface area (Å²) in [6, 6.07) is 0. The van der Waals surface area contributed by atoms with Crippen molar-refractivity contribution in [1.29, 1.82) is 0 Å². The van der Waals surface area contributed by atoms with Crippen LogP contribution in [0.5, 0.6) is 0 Å². The molecule has 20 heavy (non-hydrogen) atoms. The quantitative estimate of drug-likeness (QED) is 0.319. The summed E-state index contributed by atoms with van der Waals surface area (Å²) in [4.78, 5) is 27.6. The van der Waals surface area contributed by atoms with Gasteiger partial charge in [-0.3, -0.25) is 9.13 Å². The molecule has 0 bridgehead atoms. The second-order valence-corrected chi connectivity index (χ2v) is 10.4. The number of rotatable bonds is 10. The molecule has 0 saturated heterocycles. The van der Waals surface area contributed by atoms with Crippen molar-refractivity contribution < 1.29 is 23.8 Å². The van der Waals surface area contributed by atoms with Crippen molar-refractivity contribution in [2.45, 2.75) is 64.2 Å². The van der Waals surface area contributed by atoms with Crippen LogP contribution in [0.1, 0.15) is 58.8 Å². The van der Waals surface area contributed by atoms with Gasteiger partial charge in [0.15, 0.2) is 0 Å². The molecule has 2 unspecified atom stereocenters. The molecule has 0 saturated carbocycles. The summed E-state index contributed by atoms with van der Waals surface area (Å²) in [6.45, 7) is 5.16. The SMILES string of the molecule is CC(C)=CCCCCCCCC(P(C)(=O)O)P(=O)(O)O. The van der Waals surface area contributed by atoms with Gasteiger partial charge < -0.3 is 14.7 Å². The van der Waals surface area contributed by atoms with Crippen LogP contribution >= 0.6 is 15.0 Å². The minimum atomic E-state index is -4.50. The van der Waals surface area contributed by atoms with Crippen LogP contribution in [-0.4, -0.2) is 26.7 Å². The monoisotopic (exact) mass is 326 g/mol. The van der Waals surface area contributed by atoms with E-state index in [9.17, 15) is 14.0 Å². The van der Waals surface area contributed by atoms with Crippen LogP contribution in [0, 0.1) is 0 Å². The fourth-order valence-corrected chi connectivity index (χ4v) is 5.49. The van der Waals surface area contributed by atoms with Crippen LogP contribution in [0.2, 0.25) is 0 Å².